The van der Waals surface area contributed by atoms with Gasteiger partial charge in [-0.25, -0.2) is 4.79 Å². The highest BCUT2D eigenvalue weighted by molar-refractivity contribution is 6.32. The van der Waals surface area contributed by atoms with E-state index in [4.69, 9.17) is 16.7 Å². The molecule has 80 valence electrons. The quantitative estimate of drug-likeness (QED) is 0.806. The Morgan fingerprint density at radius 3 is 2.80 bits per heavy atom. The van der Waals surface area contributed by atoms with Gasteiger partial charge in [-0.1, -0.05) is 17.7 Å². The Morgan fingerprint density at radius 1 is 1.60 bits per heavy atom. The van der Waals surface area contributed by atoms with E-state index in [1.54, 1.807) is 18.2 Å². The fraction of sp³-hybridized carbons (Fsp3) is 0.200. The van der Waals surface area contributed by atoms with Crippen molar-refractivity contribution >= 4 is 24.0 Å². The van der Waals surface area contributed by atoms with Crippen LogP contribution in [0.2, 0.25) is 5.02 Å². The Kier molecular flexibility index (Phi) is 3.68. The van der Waals surface area contributed by atoms with Crippen LogP contribution in [0.5, 0.6) is 0 Å². The predicted octanol–water partition coefficient (Wildman–Crippen LogP) is 2.26. The molecule has 1 amide bonds. The van der Waals surface area contributed by atoms with E-state index in [0.29, 0.717) is 16.9 Å². The standard InChI is InChI=1S/C10H10ClNO3/c1-12(10(14)15)5-7-2-3-9(11)8(4-7)6-13/h2-4,6H,5H2,1H3,(H,14,15). The van der Waals surface area contributed by atoms with Crippen LogP contribution in [0.25, 0.3) is 0 Å². The molecule has 0 aliphatic heterocycles. The summed E-state index contributed by atoms with van der Waals surface area (Å²) in [5, 5.41) is 9.02. The minimum atomic E-state index is -1.02. The number of hydrogen-bond acceptors (Lipinski definition) is 2. The first-order valence-corrected chi connectivity index (χ1v) is 4.60. The Labute approximate surface area is 92.1 Å². The van der Waals surface area contributed by atoms with E-state index in [0.717, 1.165) is 10.5 Å². The zero-order valence-corrected chi connectivity index (χ0v) is 8.86. The van der Waals surface area contributed by atoms with E-state index in [-0.39, 0.29) is 6.54 Å². The maximum atomic E-state index is 10.6. The summed E-state index contributed by atoms with van der Waals surface area (Å²) in [5.41, 5.74) is 1.10. The van der Waals surface area contributed by atoms with Crippen LogP contribution in [0.15, 0.2) is 18.2 Å². The van der Waals surface area contributed by atoms with Crippen LogP contribution in [0.3, 0.4) is 0 Å². The van der Waals surface area contributed by atoms with Crippen LogP contribution in [0.4, 0.5) is 4.79 Å². The molecule has 1 aromatic carbocycles. The smallest absolute Gasteiger partial charge is 0.407 e. The molecule has 0 saturated heterocycles. The molecule has 5 heteroatoms. The van der Waals surface area contributed by atoms with Crippen LogP contribution in [0.1, 0.15) is 15.9 Å². The van der Waals surface area contributed by atoms with Crippen LogP contribution >= 0.6 is 11.6 Å². The lowest BCUT2D eigenvalue weighted by molar-refractivity contribution is 0.112. The maximum Gasteiger partial charge on any atom is 0.407 e. The van der Waals surface area contributed by atoms with Gasteiger partial charge in [0.05, 0.1) is 5.02 Å². The fourth-order valence-corrected chi connectivity index (χ4v) is 1.29. The summed E-state index contributed by atoms with van der Waals surface area (Å²) >= 11 is 5.73. The fourth-order valence-electron chi connectivity index (χ4n) is 1.12. The van der Waals surface area contributed by atoms with Crippen molar-refractivity contribution in [1.82, 2.24) is 4.90 Å². The van der Waals surface area contributed by atoms with Gasteiger partial charge in [0.1, 0.15) is 0 Å². The van der Waals surface area contributed by atoms with Crippen molar-refractivity contribution in [3.8, 4) is 0 Å². The number of nitrogens with zero attached hydrogens (tertiary/aromatic N) is 1. The molecule has 0 spiro atoms. The lowest BCUT2D eigenvalue weighted by atomic mass is 10.1. The van der Waals surface area contributed by atoms with Gasteiger partial charge >= 0.3 is 6.09 Å². The molecule has 1 aromatic rings. The van der Waals surface area contributed by atoms with Crippen LogP contribution < -0.4 is 0 Å². The number of carboxylic acid groups (broad SMARTS) is 1. The van der Waals surface area contributed by atoms with Gasteiger partial charge in [-0.3, -0.25) is 4.79 Å². The van der Waals surface area contributed by atoms with Gasteiger partial charge in [-0.15, -0.1) is 0 Å². The largest absolute Gasteiger partial charge is 0.465 e. The van der Waals surface area contributed by atoms with Crippen molar-refractivity contribution in [2.45, 2.75) is 6.54 Å². The SMILES string of the molecule is CN(Cc1ccc(Cl)c(C=O)c1)C(=O)O. The Morgan fingerprint density at radius 2 is 2.27 bits per heavy atom. The van der Waals surface area contributed by atoms with Crippen molar-refractivity contribution < 1.29 is 14.7 Å². The molecule has 4 nitrogen and oxygen atoms in total. The first-order valence-electron chi connectivity index (χ1n) is 4.22. The van der Waals surface area contributed by atoms with Gasteiger partial charge in [-0.05, 0) is 17.7 Å². The summed E-state index contributed by atoms with van der Waals surface area (Å²) in [6.45, 7) is 0.230. The predicted molar refractivity (Wildman–Crippen MR) is 56.3 cm³/mol. The minimum Gasteiger partial charge on any atom is -0.465 e. The molecule has 1 N–H and O–H groups in total. The normalized spacial score (nSPS) is 9.73. The third kappa shape index (κ3) is 2.95. The molecule has 0 aliphatic carbocycles. The monoisotopic (exact) mass is 227 g/mol. The number of rotatable bonds is 3. The van der Waals surface area contributed by atoms with Crippen LogP contribution in [-0.2, 0) is 6.54 Å². The molecule has 0 aliphatic rings. The molecule has 0 saturated carbocycles. The number of hydrogen-bond donors (Lipinski definition) is 1. The number of carbonyl (C=O) groups is 2. The minimum absolute atomic E-state index is 0.230. The summed E-state index contributed by atoms with van der Waals surface area (Å²) in [4.78, 5) is 22.3. The first kappa shape index (κ1) is 11.5. The first-order chi connectivity index (χ1) is 7.04. The van der Waals surface area contributed by atoms with Crippen molar-refractivity contribution in [1.29, 1.82) is 0 Å². The summed E-state index contributed by atoms with van der Waals surface area (Å²) in [7, 11) is 1.46. The van der Waals surface area contributed by atoms with E-state index in [1.807, 2.05) is 0 Å². The Hall–Kier alpha value is -1.55. The molecule has 0 atom stereocenters. The highest BCUT2D eigenvalue weighted by Gasteiger charge is 2.07. The van der Waals surface area contributed by atoms with Gasteiger partial charge < -0.3 is 10.0 Å². The summed E-state index contributed by atoms with van der Waals surface area (Å²) in [6, 6.07) is 4.85. The number of halogens is 1. The number of benzene rings is 1. The average Bonchev–Trinajstić information content (AvgIpc) is 2.20. The summed E-state index contributed by atoms with van der Waals surface area (Å²) in [6.07, 6.45) is -0.371. The lowest BCUT2D eigenvalue weighted by Gasteiger charge is -2.13. The second kappa shape index (κ2) is 4.79. The van der Waals surface area contributed by atoms with Crippen molar-refractivity contribution in [3.05, 3.63) is 34.3 Å². The Balaban J connectivity index is 2.87. The molecular formula is C10H10ClNO3. The summed E-state index contributed by atoms with van der Waals surface area (Å²) < 4.78 is 0. The third-order valence-corrected chi connectivity index (χ3v) is 2.28. The van der Waals surface area contributed by atoms with E-state index in [9.17, 15) is 9.59 Å². The number of carbonyl (C=O) groups excluding carboxylic acids is 1. The average molecular weight is 228 g/mol. The topological polar surface area (TPSA) is 57.6 Å². The van der Waals surface area contributed by atoms with Crippen molar-refractivity contribution in [2.24, 2.45) is 0 Å². The van der Waals surface area contributed by atoms with Gasteiger partial charge in [0, 0.05) is 19.2 Å². The molecule has 0 aromatic heterocycles. The van der Waals surface area contributed by atoms with E-state index in [1.165, 1.54) is 7.05 Å². The third-order valence-electron chi connectivity index (χ3n) is 1.93. The van der Waals surface area contributed by atoms with Gasteiger partial charge in [0.25, 0.3) is 0 Å². The lowest BCUT2D eigenvalue weighted by Crippen LogP contribution is -2.23. The summed E-state index contributed by atoms with van der Waals surface area (Å²) in [5.74, 6) is 0. The zero-order valence-electron chi connectivity index (χ0n) is 8.11. The molecule has 0 fully saturated rings. The molecule has 15 heavy (non-hydrogen) atoms. The van der Waals surface area contributed by atoms with E-state index in [2.05, 4.69) is 0 Å². The van der Waals surface area contributed by atoms with Crippen molar-refractivity contribution in [3.63, 3.8) is 0 Å². The highest BCUT2D eigenvalue weighted by Crippen LogP contribution is 2.16. The maximum absolute atomic E-state index is 10.6. The van der Waals surface area contributed by atoms with Crippen LogP contribution in [0, 0.1) is 0 Å². The zero-order chi connectivity index (χ0) is 11.4. The van der Waals surface area contributed by atoms with Crippen molar-refractivity contribution in [2.75, 3.05) is 7.05 Å². The highest BCUT2D eigenvalue weighted by atomic mass is 35.5. The molecule has 0 heterocycles. The Bertz CT molecular complexity index is 392. The molecule has 0 bridgehead atoms. The second-order valence-corrected chi connectivity index (χ2v) is 3.52. The van der Waals surface area contributed by atoms with E-state index < -0.39 is 6.09 Å². The van der Waals surface area contributed by atoms with Gasteiger partial charge in [-0.2, -0.15) is 0 Å². The molecular weight excluding hydrogens is 218 g/mol. The van der Waals surface area contributed by atoms with Gasteiger partial charge in [0.2, 0.25) is 0 Å². The molecule has 0 unspecified atom stereocenters. The molecule has 1 rings (SSSR count). The number of amides is 1. The number of aldehydes is 1. The van der Waals surface area contributed by atoms with Gasteiger partial charge in [0.15, 0.2) is 6.29 Å². The second-order valence-electron chi connectivity index (χ2n) is 3.11. The van der Waals surface area contributed by atoms with E-state index >= 15 is 0 Å². The molecule has 0 radical (unpaired) electrons. The van der Waals surface area contributed by atoms with Crippen LogP contribution in [-0.4, -0.2) is 29.4 Å².